The number of thioether (sulfide) groups is 1. The molecule has 0 aliphatic rings. The summed E-state index contributed by atoms with van der Waals surface area (Å²) in [6.45, 7) is 0.768. The van der Waals surface area contributed by atoms with Crippen LogP contribution in [0.25, 0.3) is 10.2 Å². The molecule has 78 valence electrons. The lowest BCUT2D eigenvalue weighted by Crippen LogP contribution is -2.33. The Bertz CT molecular complexity index is 587. The molecule has 0 saturated carbocycles. The zero-order valence-electron chi connectivity index (χ0n) is 8.51. The largest absolute Gasteiger partial charge is 0.313 e. The number of terminal acetylenes is 1. The van der Waals surface area contributed by atoms with Gasteiger partial charge in [-0.25, -0.2) is 0 Å². The van der Waals surface area contributed by atoms with E-state index >= 15 is 0 Å². The summed E-state index contributed by atoms with van der Waals surface area (Å²) in [5.74, 6) is 2.63. The van der Waals surface area contributed by atoms with Crippen LogP contribution in [0.15, 0.2) is 28.6 Å². The van der Waals surface area contributed by atoms with E-state index in [-0.39, 0.29) is 0 Å². The van der Waals surface area contributed by atoms with E-state index in [1.54, 1.807) is 11.3 Å². The smallest absolute Gasteiger partial charge is 0.185 e. The number of nitrogens with zero attached hydrogens (tertiary/aromatic N) is 2. The molecule has 0 saturated heterocycles. The summed E-state index contributed by atoms with van der Waals surface area (Å²) in [6.07, 6.45) is 5.97. The van der Waals surface area contributed by atoms with Crippen molar-refractivity contribution in [2.75, 3.05) is 0 Å². The lowest BCUT2D eigenvalue weighted by Gasteiger charge is -1.92. The van der Waals surface area contributed by atoms with Crippen LogP contribution in [0.2, 0.25) is 0 Å². The number of aryl methyl sites for hydroxylation is 1. The summed E-state index contributed by atoms with van der Waals surface area (Å²) in [6, 6.07) is 8.13. The van der Waals surface area contributed by atoms with Gasteiger partial charge in [-0.3, -0.25) is 0 Å². The predicted octanol–water partition coefficient (Wildman–Crippen LogP) is 2.79. The maximum absolute atomic E-state index is 8.76. The Morgan fingerprint density at radius 2 is 2.25 bits per heavy atom. The SMILES string of the molecule is C#CCC[n+]1c(SC#N)sc2ccccc21. The maximum Gasteiger partial charge on any atom is 0.313 e. The van der Waals surface area contributed by atoms with Crippen LogP contribution >= 0.6 is 23.1 Å². The van der Waals surface area contributed by atoms with E-state index in [9.17, 15) is 0 Å². The van der Waals surface area contributed by atoms with Gasteiger partial charge in [0.1, 0.15) is 10.1 Å². The molecule has 0 aliphatic heterocycles. The molecule has 0 amide bonds. The summed E-state index contributed by atoms with van der Waals surface area (Å²) in [7, 11) is 0. The molecular formula is C12H9N2S2+. The van der Waals surface area contributed by atoms with Gasteiger partial charge in [-0.1, -0.05) is 23.5 Å². The van der Waals surface area contributed by atoms with Gasteiger partial charge in [-0.15, -0.1) is 12.3 Å². The zero-order valence-corrected chi connectivity index (χ0v) is 10.1. The number of thiocyanates is 1. The first-order valence-corrected chi connectivity index (χ1v) is 6.41. The molecule has 1 heterocycles. The van der Waals surface area contributed by atoms with Crippen LogP contribution < -0.4 is 4.57 Å². The van der Waals surface area contributed by atoms with E-state index in [1.165, 1.54) is 16.5 Å². The quantitative estimate of drug-likeness (QED) is 0.360. The molecule has 0 fully saturated rings. The first kappa shape index (κ1) is 11.0. The number of hydrogen-bond acceptors (Lipinski definition) is 3. The second-order valence-corrected chi connectivity index (χ2v) is 5.20. The fraction of sp³-hybridized carbons (Fsp3) is 0.167. The van der Waals surface area contributed by atoms with Gasteiger partial charge in [0.2, 0.25) is 5.52 Å². The second kappa shape index (κ2) is 5.03. The third-order valence-electron chi connectivity index (χ3n) is 2.19. The van der Waals surface area contributed by atoms with E-state index in [2.05, 4.69) is 28.0 Å². The maximum atomic E-state index is 8.76. The summed E-state index contributed by atoms with van der Waals surface area (Å²) < 4.78 is 4.31. The van der Waals surface area contributed by atoms with E-state index < -0.39 is 0 Å². The molecule has 0 atom stereocenters. The Hall–Kier alpha value is -1.49. The number of thiazole rings is 1. The molecule has 0 unspecified atom stereocenters. The van der Waals surface area contributed by atoms with Crippen molar-refractivity contribution < 1.29 is 4.57 Å². The van der Waals surface area contributed by atoms with Crippen LogP contribution in [-0.2, 0) is 6.54 Å². The minimum absolute atomic E-state index is 0.685. The number of fused-ring (bicyclic) bond motifs is 1. The molecular weight excluding hydrogens is 236 g/mol. The van der Waals surface area contributed by atoms with E-state index in [0.717, 1.165) is 16.4 Å². The van der Waals surface area contributed by atoms with Crippen molar-refractivity contribution >= 4 is 33.3 Å². The van der Waals surface area contributed by atoms with Gasteiger partial charge in [-0.2, -0.15) is 9.83 Å². The molecule has 2 rings (SSSR count). The third kappa shape index (κ3) is 2.04. The summed E-state index contributed by atoms with van der Waals surface area (Å²) >= 11 is 2.83. The lowest BCUT2D eigenvalue weighted by atomic mass is 10.3. The Kier molecular flexibility index (Phi) is 3.46. The van der Waals surface area contributed by atoms with Gasteiger partial charge >= 0.3 is 4.34 Å². The molecule has 0 N–H and O–H groups in total. The predicted molar refractivity (Wildman–Crippen MR) is 66.9 cm³/mol. The molecule has 2 nitrogen and oxygen atoms in total. The highest BCUT2D eigenvalue weighted by Gasteiger charge is 2.19. The van der Waals surface area contributed by atoms with Crippen LogP contribution in [0.5, 0.6) is 0 Å². The summed E-state index contributed by atoms with van der Waals surface area (Å²) in [5, 5.41) is 10.9. The van der Waals surface area contributed by atoms with Gasteiger partial charge in [0, 0.05) is 6.07 Å². The van der Waals surface area contributed by atoms with Crippen LogP contribution in [0.4, 0.5) is 0 Å². The van der Waals surface area contributed by atoms with Crippen molar-refractivity contribution in [2.45, 2.75) is 17.3 Å². The van der Waals surface area contributed by atoms with Crippen molar-refractivity contribution in [1.29, 1.82) is 5.26 Å². The molecule has 0 aliphatic carbocycles. The number of rotatable bonds is 3. The Morgan fingerprint density at radius 1 is 1.44 bits per heavy atom. The highest BCUT2D eigenvalue weighted by Crippen LogP contribution is 2.27. The second-order valence-electron chi connectivity index (χ2n) is 3.13. The van der Waals surface area contributed by atoms with Gasteiger partial charge in [-0.05, 0) is 6.07 Å². The van der Waals surface area contributed by atoms with Gasteiger partial charge in [0.25, 0.3) is 0 Å². The minimum atomic E-state index is 0.685. The Morgan fingerprint density at radius 3 is 3.00 bits per heavy atom. The highest BCUT2D eigenvalue weighted by molar-refractivity contribution is 8.05. The minimum Gasteiger partial charge on any atom is -0.185 e. The molecule has 0 radical (unpaired) electrons. The molecule has 1 aromatic carbocycles. The van der Waals surface area contributed by atoms with Crippen molar-refractivity contribution in [3.63, 3.8) is 0 Å². The lowest BCUT2D eigenvalue weighted by molar-refractivity contribution is -0.700. The zero-order chi connectivity index (χ0) is 11.4. The van der Waals surface area contributed by atoms with E-state index in [4.69, 9.17) is 11.7 Å². The van der Waals surface area contributed by atoms with Crippen molar-refractivity contribution in [3.8, 4) is 17.7 Å². The van der Waals surface area contributed by atoms with Gasteiger partial charge in [0.15, 0.2) is 6.54 Å². The molecule has 0 spiro atoms. The van der Waals surface area contributed by atoms with E-state index in [0.29, 0.717) is 6.42 Å². The van der Waals surface area contributed by atoms with Crippen LogP contribution in [-0.4, -0.2) is 0 Å². The number of hydrogen-bond donors (Lipinski definition) is 0. The molecule has 4 heteroatoms. The molecule has 1 aromatic heterocycles. The summed E-state index contributed by atoms with van der Waals surface area (Å²) in [5.41, 5.74) is 1.15. The third-order valence-corrected chi connectivity index (χ3v) is 4.13. The normalized spacial score (nSPS) is 9.88. The molecule has 16 heavy (non-hydrogen) atoms. The Balaban J connectivity index is 2.52. The number of nitriles is 1. The van der Waals surface area contributed by atoms with Crippen LogP contribution in [0.1, 0.15) is 6.42 Å². The number of para-hydroxylation sites is 1. The standard InChI is InChI=1S/C12H9N2S2/c1-2-3-8-14-10-6-4-5-7-11(10)16-12(14)15-9-13/h1,4-7H,3,8H2/q+1. The Labute approximate surface area is 103 Å². The number of aromatic nitrogens is 1. The topological polar surface area (TPSA) is 27.7 Å². The van der Waals surface area contributed by atoms with Gasteiger partial charge in [0.05, 0.1) is 18.2 Å². The fourth-order valence-corrected chi connectivity index (χ4v) is 3.36. The van der Waals surface area contributed by atoms with Crippen LogP contribution in [0.3, 0.4) is 0 Å². The van der Waals surface area contributed by atoms with Crippen molar-refractivity contribution in [3.05, 3.63) is 24.3 Å². The first-order chi connectivity index (χ1) is 7.86. The van der Waals surface area contributed by atoms with Crippen LogP contribution in [0, 0.1) is 23.0 Å². The average molecular weight is 245 g/mol. The monoisotopic (exact) mass is 245 g/mol. The summed E-state index contributed by atoms with van der Waals surface area (Å²) in [4.78, 5) is 0. The molecule has 0 bridgehead atoms. The van der Waals surface area contributed by atoms with Crippen molar-refractivity contribution in [2.24, 2.45) is 0 Å². The van der Waals surface area contributed by atoms with Crippen molar-refractivity contribution in [1.82, 2.24) is 0 Å². The average Bonchev–Trinajstić information content (AvgIpc) is 2.65. The van der Waals surface area contributed by atoms with E-state index in [1.807, 2.05) is 12.1 Å². The molecule has 2 aromatic rings. The fourth-order valence-electron chi connectivity index (χ4n) is 1.52. The van der Waals surface area contributed by atoms with Gasteiger partial charge < -0.3 is 0 Å². The number of benzene rings is 1. The first-order valence-electron chi connectivity index (χ1n) is 4.77. The highest BCUT2D eigenvalue weighted by atomic mass is 32.2.